The molecule has 0 saturated heterocycles. The first-order valence-electron chi connectivity index (χ1n) is 6.23. The van der Waals surface area contributed by atoms with E-state index in [0.717, 1.165) is 19.5 Å². The summed E-state index contributed by atoms with van der Waals surface area (Å²) in [5.74, 6) is 0. The van der Waals surface area contributed by atoms with Crippen molar-refractivity contribution in [1.29, 1.82) is 0 Å². The molecule has 0 aromatic heterocycles. The molecule has 2 atom stereocenters. The van der Waals surface area contributed by atoms with Gasteiger partial charge in [-0.15, -0.1) is 0 Å². The number of ether oxygens (including phenoxy) is 1. The summed E-state index contributed by atoms with van der Waals surface area (Å²) in [6.07, 6.45) is 2.70. The lowest BCUT2D eigenvalue weighted by Crippen LogP contribution is -2.21. The summed E-state index contributed by atoms with van der Waals surface area (Å²) in [7, 11) is 0.985. The maximum atomic E-state index is 11.2. The van der Waals surface area contributed by atoms with Crippen LogP contribution >= 0.6 is 0 Å². The largest absolute Gasteiger partial charge is 0.380 e. The second-order valence-electron chi connectivity index (χ2n) is 4.48. The van der Waals surface area contributed by atoms with Gasteiger partial charge in [0.05, 0.1) is 6.61 Å². The number of rotatable bonds is 8. The Balaban J connectivity index is 2.37. The van der Waals surface area contributed by atoms with E-state index in [9.17, 15) is 4.21 Å². The van der Waals surface area contributed by atoms with Crippen LogP contribution in [0.25, 0.3) is 0 Å². The molecule has 0 amide bonds. The normalized spacial score (nSPS) is 14.4. The third-order valence-electron chi connectivity index (χ3n) is 3.03. The van der Waals surface area contributed by atoms with Gasteiger partial charge in [0.25, 0.3) is 0 Å². The average Bonchev–Trinajstić information content (AvgIpc) is 2.36. The van der Waals surface area contributed by atoms with Crippen LogP contribution in [0.4, 0.5) is 0 Å². The van der Waals surface area contributed by atoms with E-state index in [1.165, 1.54) is 11.1 Å². The molecule has 0 aliphatic rings. The number of benzene rings is 1. The number of nitrogens with one attached hydrogen (secondary N) is 1. The Morgan fingerprint density at radius 2 is 2.00 bits per heavy atom. The Morgan fingerprint density at radius 1 is 1.33 bits per heavy atom. The van der Waals surface area contributed by atoms with E-state index in [2.05, 4.69) is 17.4 Å². The van der Waals surface area contributed by atoms with Gasteiger partial charge in [0.1, 0.15) is 0 Å². The maximum Gasteiger partial charge on any atom is 0.0716 e. The molecule has 3 nitrogen and oxygen atoms in total. The molecule has 2 unspecified atom stereocenters. The van der Waals surface area contributed by atoms with Gasteiger partial charge in [-0.1, -0.05) is 31.2 Å². The molecule has 0 aliphatic carbocycles. The average molecular weight is 269 g/mol. The van der Waals surface area contributed by atoms with Crippen LogP contribution < -0.4 is 5.32 Å². The summed E-state index contributed by atoms with van der Waals surface area (Å²) in [6, 6.07) is 8.27. The van der Waals surface area contributed by atoms with Gasteiger partial charge in [-0.3, -0.25) is 4.21 Å². The van der Waals surface area contributed by atoms with Crippen molar-refractivity contribution in [3.05, 3.63) is 35.4 Å². The number of hydrogen-bond donors (Lipinski definition) is 1. The highest BCUT2D eigenvalue weighted by molar-refractivity contribution is 7.84. The third-order valence-corrected chi connectivity index (χ3v) is 4.40. The zero-order chi connectivity index (χ0) is 13.4. The van der Waals surface area contributed by atoms with Crippen LogP contribution in [0.2, 0.25) is 0 Å². The molecule has 0 radical (unpaired) electrons. The van der Waals surface area contributed by atoms with Crippen LogP contribution in [-0.2, 0) is 28.7 Å². The van der Waals surface area contributed by atoms with E-state index in [0.29, 0.717) is 6.61 Å². The molecule has 1 aromatic rings. The fraction of sp³-hybridized carbons (Fsp3) is 0.571. The van der Waals surface area contributed by atoms with Gasteiger partial charge >= 0.3 is 0 Å². The first-order valence-corrected chi connectivity index (χ1v) is 7.86. The standard InChI is InChI=1S/C14H23NO2S/c1-12(18(3)16)8-9-15-10-13-6-4-5-7-14(13)11-17-2/h4-7,12,15H,8-11H2,1-3H3. The van der Waals surface area contributed by atoms with E-state index >= 15 is 0 Å². The first-order chi connectivity index (χ1) is 8.65. The Bertz CT molecular complexity index is 382. The minimum absolute atomic E-state index is 0.256. The Morgan fingerprint density at radius 3 is 2.61 bits per heavy atom. The fourth-order valence-electron chi connectivity index (χ4n) is 1.72. The summed E-state index contributed by atoms with van der Waals surface area (Å²) in [6.45, 7) is 4.40. The maximum absolute atomic E-state index is 11.2. The molecule has 1 rings (SSSR count). The quantitative estimate of drug-likeness (QED) is 0.734. The zero-order valence-electron chi connectivity index (χ0n) is 11.4. The lowest BCUT2D eigenvalue weighted by molar-refractivity contribution is 0.184. The van der Waals surface area contributed by atoms with Crippen LogP contribution in [-0.4, -0.2) is 29.4 Å². The molecule has 1 N–H and O–H groups in total. The van der Waals surface area contributed by atoms with Crippen molar-refractivity contribution in [2.75, 3.05) is 19.9 Å². The molecule has 0 bridgehead atoms. The van der Waals surface area contributed by atoms with Gasteiger partial charge < -0.3 is 10.1 Å². The SMILES string of the molecule is COCc1ccccc1CNCCC(C)S(C)=O. The summed E-state index contributed by atoms with van der Waals surface area (Å²) in [5.41, 5.74) is 2.49. The minimum Gasteiger partial charge on any atom is -0.380 e. The van der Waals surface area contributed by atoms with E-state index in [-0.39, 0.29) is 5.25 Å². The van der Waals surface area contributed by atoms with Crippen molar-refractivity contribution in [2.45, 2.75) is 31.7 Å². The molecule has 0 aliphatic heterocycles. The topological polar surface area (TPSA) is 38.3 Å². The third kappa shape index (κ3) is 5.29. The molecule has 18 heavy (non-hydrogen) atoms. The van der Waals surface area contributed by atoms with Crippen molar-refractivity contribution >= 4 is 10.8 Å². The molecule has 0 spiro atoms. The summed E-state index contributed by atoms with van der Waals surface area (Å²) < 4.78 is 16.4. The molecule has 0 fully saturated rings. The Hall–Kier alpha value is -0.710. The van der Waals surface area contributed by atoms with E-state index in [1.54, 1.807) is 13.4 Å². The molecule has 0 heterocycles. The zero-order valence-corrected chi connectivity index (χ0v) is 12.3. The summed E-state index contributed by atoms with van der Waals surface area (Å²) in [5, 5.41) is 3.65. The van der Waals surface area contributed by atoms with Gasteiger partial charge in [0.15, 0.2) is 0 Å². The van der Waals surface area contributed by atoms with Crippen LogP contribution in [0.15, 0.2) is 24.3 Å². The van der Waals surface area contributed by atoms with Crippen LogP contribution in [0.1, 0.15) is 24.5 Å². The van der Waals surface area contributed by atoms with Gasteiger partial charge in [0, 0.05) is 36.0 Å². The highest BCUT2D eigenvalue weighted by Gasteiger charge is 2.05. The van der Waals surface area contributed by atoms with Gasteiger partial charge in [0.2, 0.25) is 0 Å². The molecule has 102 valence electrons. The van der Waals surface area contributed by atoms with Crippen LogP contribution in [0.5, 0.6) is 0 Å². The van der Waals surface area contributed by atoms with E-state index in [1.807, 2.05) is 19.1 Å². The molecular formula is C14H23NO2S. The highest BCUT2D eigenvalue weighted by atomic mass is 32.2. The van der Waals surface area contributed by atoms with Crippen molar-refractivity contribution in [3.63, 3.8) is 0 Å². The number of methoxy groups -OCH3 is 1. The number of hydrogen-bond acceptors (Lipinski definition) is 3. The van der Waals surface area contributed by atoms with Gasteiger partial charge in [-0.05, 0) is 24.1 Å². The van der Waals surface area contributed by atoms with E-state index in [4.69, 9.17) is 4.74 Å². The second kappa shape index (κ2) is 8.40. The fourth-order valence-corrected chi connectivity index (χ4v) is 2.17. The first kappa shape index (κ1) is 15.3. The van der Waals surface area contributed by atoms with Crippen LogP contribution in [0.3, 0.4) is 0 Å². The van der Waals surface area contributed by atoms with Crippen LogP contribution in [0, 0.1) is 0 Å². The lowest BCUT2D eigenvalue weighted by atomic mass is 10.1. The van der Waals surface area contributed by atoms with Gasteiger partial charge in [-0.2, -0.15) is 0 Å². The van der Waals surface area contributed by atoms with Crippen molar-refractivity contribution in [3.8, 4) is 0 Å². The summed E-state index contributed by atoms with van der Waals surface area (Å²) >= 11 is 0. The smallest absolute Gasteiger partial charge is 0.0716 e. The lowest BCUT2D eigenvalue weighted by Gasteiger charge is -2.11. The van der Waals surface area contributed by atoms with Gasteiger partial charge in [-0.25, -0.2) is 0 Å². The predicted octanol–water partition coefficient (Wildman–Crippen LogP) is 2.08. The molecule has 4 heteroatoms. The van der Waals surface area contributed by atoms with E-state index < -0.39 is 10.8 Å². The monoisotopic (exact) mass is 269 g/mol. The Kier molecular flexibility index (Phi) is 7.16. The van der Waals surface area contributed by atoms with Crippen molar-refractivity contribution in [2.24, 2.45) is 0 Å². The predicted molar refractivity (Wildman–Crippen MR) is 77.0 cm³/mol. The second-order valence-corrected chi connectivity index (χ2v) is 6.28. The highest BCUT2D eigenvalue weighted by Crippen LogP contribution is 2.09. The van der Waals surface area contributed by atoms with Crippen molar-refractivity contribution < 1.29 is 8.95 Å². The Labute approximate surface area is 112 Å². The molecule has 1 aromatic carbocycles. The minimum atomic E-state index is -0.726. The van der Waals surface area contributed by atoms with Crippen molar-refractivity contribution in [1.82, 2.24) is 5.32 Å². The molecule has 0 saturated carbocycles. The summed E-state index contributed by atoms with van der Waals surface area (Å²) in [4.78, 5) is 0. The molecular weight excluding hydrogens is 246 g/mol.